The Kier molecular flexibility index (Phi) is 4.70. The second-order valence-corrected chi connectivity index (χ2v) is 8.23. The fraction of sp³-hybridized carbons (Fsp3) is 0.318. The van der Waals surface area contributed by atoms with Gasteiger partial charge in [0.1, 0.15) is 18.0 Å². The molecule has 1 saturated heterocycles. The first-order valence-corrected chi connectivity index (χ1v) is 10.2. The zero-order valence-corrected chi connectivity index (χ0v) is 17.5. The van der Waals surface area contributed by atoms with E-state index in [9.17, 15) is 4.39 Å². The van der Waals surface area contributed by atoms with Crippen LogP contribution in [0, 0.1) is 18.6 Å². The summed E-state index contributed by atoms with van der Waals surface area (Å²) < 4.78 is 31.3. The van der Waals surface area contributed by atoms with Crippen LogP contribution in [0.5, 0.6) is 0 Å². The molecule has 31 heavy (non-hydrogen) atoms. The van der Waals surface area contributed by atoms with Crippen LogP contribution in [0.15, 0.2) is 36.9 Å². The Bertz CT molecular complexity index is 1280. The molecule has 4 heterocycles. The smallest absolute Gasteiger partial charge is 0.173 e. The van der Waals surface area contributed by atoms with Crippen LogP contribution >= 0.6 is 0 Å². The van der Waals surface area contributed by atoms with Gasteiger partial charge in [0, 0.05) is 49.3 Å². The Balaban J connectivity index is 1.53. The second-order valence-electron chi connectivity index (χ2n) is 8.23. The van der Waals surface area contributed by atoms with E-state index in [1.165, 1.54) is 18.5 Å². The minimum atomic E-state index is -0.471. The highest BCUT2D eigenvalue weighted by Crippen LogP contribution is 2.31. The van der Waals surface area contributed by atoms with Gasteiger partial charge < -0.3 is 19.9 Å². The van der Waals surface area contributed by atoms with Gasteiger partial charge >= 0.3 is 0 Å². The van der Waals surface area contributed by atoms with Gasteiger partial charge in [0.15, 0.2) is 11.5 Å². The standard InChI is InChI=1S/C22H23F2N7/c1-12-7-30(8-13(2)27-12)16-5-17(23)20-19(6-16)25-11-26-21(20)29-15-4-18(24)22-28-14(3)9-31(22)10-15/h4-6,9-13,27H,7-8H2,1-3H3,(H,25,26,29)/t12-,13-/m0/s1. The molecule has 0 unspecified atom stereocenters. The largest absolute Gasteiger partial charge is 0.368 e. The van der Waals surface area contributed by atoms with Crippen LogP contribution in [-0.4, -0.2) is 44.5 Å². The number of hydrogen-bond acceptors (Lipinski definition) is 6. The van der Waals surface area contributed by atoms with Crippen molar-refractivity contribution in [2.24, 2.45) is 0 Å². The van der Waals surface area contributed by atoms with Crippen molar-refractivity contribution in [3.8, 4) is 0 Å². The zero-order chi connectivity index (χ0) is 21.7. The number of benzene rings is 1. The lowest BCUT2D eigenvalue weighted by Gasteiger charge is -2.37. The highest BCUT2D eigenvalue weighted by molar-refractivity contribution is 5.93. The molecule has 160 valence electrons. The summed E-state index contributed by atoms with van der Waals surface area (Å²) in [4.78, 5) is 14.8. The normalized spacial score (nSPS) is 19.3. The number of hydrogen-bond donors (Lipinski definition) is 2. The molecule has 1 fully saturated rings. The second kappa shape index (κ2) is 7.42. The van der Waals surface area contributed by atoms with Crippen molar-refractivity contribution in [1.29, 1.82) is 0 Å². The lowest BCUT2D eigenvalue weighted by atomic mass is 10.1. The molecule has 1 aromatic carbocycles. The third-order valence-corrected chi connectivity index (χ3v) is 5.49. The lowest BCUT2D eigenvalue weighted by Crippen LogP contribution is -2.54. The topological polar surface area (TPSA) is 70.4 Å². The van der Waals surface area contributed by atoms with Gasteiger partial charge in [-0.3, -0.25) is 0 Å². The van der Waals surface area contributed by atoms with E-state index in [0.29, 0.717) is 29.0 Å². The molecule has 4 aromatic rings. The highest BCUT2D eigenvalue weighted by Gasteiger charge is 2.23. The molecular formula is C22H23F2N7. The number of imidazole rings is 1. The molecule has 5 rings (SSSR count). The van der Waals surface area contributed by atoms with Crippen molar-refractivity contribution in [3.63, 3.8) is 0 Å². The maximum absolute atomic E-state index is 15.2. The van der Waals surface area contributed by atoms with Crippen molar-refractivity contribution < 1.29 is 8.78 Å². The SMILES string of the molecule is Cc1cn2cc(Nc3ncnc4cc(N5C[C@H](C)N[C@@H](C)C5)cc(F)c34)cc(F)c2n1. The Morgan fingerprint density at radius 3 is 2.58 bits per heavy atom. The van der Waals surface area contributed by atoms with E-state index < -0.39 is 11.6 Å². The van der Waals surface area contributed by atoms with Gasteiger partial charge in [-0.2, -0.15) is 0 Å². The molecule has 7 nitrogen and oxygen atoms in total. The Morgan fingerprint density at radius 2 is 1.81 bits per heavy atom. The fourth-order valence-electron chi connectivity index (χ4n) is 4.33. The summed E-state index contributed by atoms with van der Waals surface area (Å²) >= 11 is 0. The van der Waals surface area contributed by atoms with Crippen LogP contribution < -0.4 is 15.5 Å². The van der Waals surface area contributed by atoms with Gasteiger partial charge in [-0.15, -0.1) is 0 Å². The lowest BCUT2D eigenvalue weighted by molar-refractivity contribution is 0.407. The molecule has 1 aliphatic rings. The fourth-order valence-corrected chi connectivity index (χ4v) is 4.33. The first kappa shape index (κ1) is 19.6. The van der Waals surface area contributed by atoms with E-state index in [2.05, 4.69) is 44.3 Å². The minimum absolute atomic E-state index is 0.242. The summed E-state index contributed by atoms with van der Waals surface area (Å²) in [6.45, 7) is 7.60. The van der Waals surface area contributed by atoms with Crippen LogP contribution in [0.3, 0.4) is 0 Å². The first-order chi connectivity index (χ1) is 14.9. The number of aryl methyl sites for hydroxylation is 1. The predicted molar refractivity (Wildman–Crippen MR) is 117 cm³/mol. The summed E-state index contributed by atoms with van der Waals surface area (Å²) in [5.74, 6) is -0.609. The third kappa shape index (κ3) is 3.65. The van der Waals surface area contributed by atoms with Crippen molar-refractivity contribution >= 4 is 33.7 Å². The number of aromatic nitrogens is 4. The van der Waals surface area contributed by atoms with Gasteiger partial charge in [-0.1, -0.05) is 0 Å². The monoisotopic (exact) mass is 423 g/mol. The van der Waals surface area contributed by atoms with Gasteiger partial charge in [-0.05, 0) is 32.9 Å². The van der Waals surface area contributed by atoms with Crippen molar-refractivity contribution in [3.05, 3.63) is 54.2 Å². The zero-order valence-electron chi connectivity index (χ0n) is 17.5. The van der Waals surface area contributed by atoms with Crippen molar-refractivity contribution in [2.75, 3.05) is 23.3 Å². The number of fused-ring (bicyclic) bond motifs is 2. The molecule has 0 spiro atoms. The number of anilines is 3. The molecule has 0 amide bonds. The summed E-state index contributed by atoms with van der Waals surface area (Å²) in [5.41, 5.74) is 2.67. The maximum Gasteiger partial charge on any atom is 0.173 e. The van der Waals surface area contributed by atoms with Crippen LogP contribution in [0.1, 0.15) is 19.5 Å². The molecule has 2 N–H and O–H groups in total. The Hall–Kier alpha value is -3.33. The maximum atomic E-state index is 15.2. The predicted octanol–water partition coefficient (Wildman–Crippen LogP) is 3.79. The minimum Gasteiger partial charge on any atom is -0.368 e. The summed E-state index contributed by atoms with van der Waals surface area (Å²) in [6.07, 6.45) is 4.80. The van der Waals surface area contributed by atoms with Crippen molar-refractivity contribution in [1.82, 2.24) is 24.7 Å². The molecule has 3 aromatic heterocycles. The number of piperazine rings is 1. The van der Waals surface area contributed by atoms with E-state index >= 15 is 4.39 Å². The number of halogens is 2. The first-order valence-electron chi connectivity index (χ1n) is 10.2. The molecule has 2 atom stereocenters. The van der Waals surface area contributed by atoms with E-state index in [4.69, 9.17) is 0 Å². The molecule has 0 aliphatic carbocycles. The number of nitrogens with one attached hydrogen (secondary N) is 2. The van der Waals surface area contributed by atoms with E-state index in [1.807, 2.05) is 6.07 Å². The molecule has 0 radical (unpaired) electrons. The van der Waals surface area contributed by atoms with Gasteiger partial charge in [0.2, 0.25) is 0 Å². The quantitative estimate of drug-likeness (QED) is 0.523. The van der Waals surface area contributed by atoms with Gasteiger partial charge in [-0.25, -0.2) is 23.7 Å². The van der Waals surface area contributed by atoms with Gasteiger partial charge in [0.25, 0.3) is 0 Å². The summed E-state index contributed by atoms with van der Waals surface area (Å²) in [7, 11) is 0. The number of pyridine rings is 1. The third-order valence-electron chi connectivity index (χ3n) is 5.49. The summed E-state index contributed by atoms with van der Waals surface area (Å²) in [6, 6.07) is 5.33. The Labute approximate surface area is 178 Å². The average molecular weight is 423 g/mol. The molecule has 9 heteroatoms. The Morgan fingerprint density at radius 1 is 1.03 bits per heavy atom. The van der Waals surface area contributed by atoms with E-state index in [-0.39, 0.29) is 16.9 Å². The van der Waals surface area contributed by atoms with Crippen LogP contribution in [-0.2, 0) is 0 Å². The number of nitrogens with zero attached hydrogens (tertiary/aromatic N) is 5. The van der Waals surface area contributed by atoms with Crippen molar-refractivity contribution in [2.45, 2.75) is 32.9 Å². The average Bonchev–Trinajstić information content (AvgIpc) is 3.08. The summed E-state index contributed by atoms with van der Waals surface area (Å²) in [5, 5.41) is 6.79. The molecular weight excluding hydrogens is 400 g/mol. The van der Waals surface area contributed by atoms with E-state index in [0.717, 1.165) is 18.8 Å². The van der Waals surface area contributed by atoms with Gasteiger partial charge in [0.05, 0.1) is 22.3 Å². The van der Waals surface area contributed by atoms with Crippen LogP contribution in [0.25, 0.3) is 16.6 Å². The molecule has 1 aliphatic heterocycles. The molecule has 0 bridgehead atoms. The highest BCUT2D eigenvalue weighted by atomic mass is 19.1. The van der Waals surface area contributed by atoms with Crippen LogP contribution in [0.2, 0.25) is 0 Å². The molecule has 0 saturated carbocycles. The van der Waals surface area contributed by atoms with Crippen LogP contribution in [0.4, 0.5) is 26.0 Å². The van der Waals surface area contributed by atoms with E-state index in [1.54, 1.807) is 23.7 Å². The number of rotatable bonds is 3.